The van der Waals surface area contributed by atoms with Gasteiger partial charge in [0.25, 0.3) is 0 Å². The van der Waals surface area contributed by atoms with E-state index in [0.717, 1.165) is 11.1 Å². The van der Waals surface area contributed by atoms with Crippen molar-refractivity contribution in [2.45, 2.75) is 64.3 Å². The first kappa shape index (κ1) is 26.7. The maximum absolute atomic E-state index is 13.6. The third-order valence-corrected chi connectivity index (χ3v) is 5.95. The molecule has 0 aliphatic carbocycles. The molecule has 0 unspecified atom stereocenters. The second-order valence-corrected chi connectivity index (χ2v) is 9.22. The predicted molar refractivity (Wildman–Crippen MR) is 138 cm³/mol. The first-order valence-electron chi connectivity index (χ1n) is 12.4. The third-order valence-electron chi connectivity index (χ3n) is 5.95. The number of halogens is 1. The average molecular weight is 503 g/mol. The maximum Gasteiger partial charge on any atom is 0.329 e. The van der Waals surface area contributed by atoms with E-state index in [1.165, 1.54) is 4.90 Å². The van der Waals surface area contributed by atoms with Gasteiger partial charge in [0, 0.05) is 13.0 Å². The van der Waals surface area contributed by atoms with Crippen LogP contribution in [0.2, 0.25) is 1.41 Å². The van der Waals surface area contributed by atoms with Gasteiger partial charge in [-0.05, 0) is 36.3 Å². The number of benzene rings is 2. The van der Waals surface area contributed by atoms with Crippen molar-refractivity contribution in [1.29, 1.82) is 0 Å². The Kier molecular flexibility index (Phi) is 10.6. The molecule has 7 nitrogen and oxygen atoms in total. The van der Waals surface area contributed by atoms with Gasteiger partial charge in [-0.1, -0.05) is 74.5 Å². The summed E-state index contributed by atoms with van der Waals surface area (Å²) < 4.78 is 13.1. The van der Waals surface area contributed by atoms with E-state index in [0.29, 0.717) is 32.2 Å². The highest BCUT2D eigenvalue weighted by atomic mass is 35.5. The molecule has 0 saturated carbocycles. The number of hydrogen-bond acceptors (Lipinski definition) is 5. The number of amides is 2. The second kappa shape index (κ2) is 13.9. The number of likely N-dealkylation sites (tertiary alicyclic amines) is 1. The fourth-order valence-electron chi connectivity index (χ4n) is 4.20. The second-order valence-electron chi connectivity index (χ2n) is 9.22. The lowest BCUT2D eigenvalue weighted by Crippen LogP contribution is -2.55. The van der Waals surface area contributed by atoms with Crippen molar-refractivity contribution in [3.8, 4) is 0 Å². The van der Waals surface area contributed by atoms with Gasteiger partial charge in [-0.3, -0.25) is 9.59 Å². The highest BCUT2D eigenvalue weighted by molar-refractivity contribution is 5.92. The Morgan fingerprint density at radius 3 is 2.31 bits per heavy atom. The molecule has 0 spiro atoms. The van der Waals surface area contributed by atoms with E-state index in [-0.39, 0.29) is 30.8 Å². The van der Waals surface area contributed by atoms with Gasteiger partial charge in [0.2, 0.25) is 11.8 Å². The summed E-state index contributed by atoms with van der Waals surface area (Å²) in [6.07, 6.45) is 1.97. The summed E-state index contributed by atoms with van der Waals surface area (Å²) in [5, 5.41) is 2.85. The molecule has 2 aromatic rings. The Bertz CT molecular complexity index is 977. The monoisotopic (exact) mass is 502 g/mol. The molecular weight excluding hydrogens is 466 g/mol. The molecule has 35 heavy (non-hydrogen) atoms. The van der Waals surface area contributed by atoms with Crippen molar-refractivity contribution in [3.05, 3.63) is 71.8 Å². The van der Waals surface area contributed by atoms with Gasteiger partial charge in [0.05, 0.1) is 6.04 Å². The van der Waals surface area contributed by atoms with E-state index in [9.17, 15) is 14.4 Å². The Labute approximate surface area is 215 Å². The van der Waals surface area contributed by atoms with Crippen LogP contribution in [0.1, 0.15) is 44.2 Å². The molecule has 1 aliphatic heterocycles. The van der Waals surface area contributed by atoms with Crippen LogP contribution in [0, 0.1) is 5.92 Å². The fraction of sp³-hybridized carbons (Fsp3) is 0.444. The lowest BCUT2D eigenvalue weighted by atomic mass is 10.0. The van der Waals surface area contributed by atoms with Crippen LogP contribution in [0.25, 0.3) is 0 Å². The third kappa shape index (κ3) is 8.37. The summed E-state index contributed by atoms with van der Waals surface area (Å²) in [5.41, 5.74) is 4.08. The topological polar surface area (TPSA) is 102 Å². The maximum atomic E-state index is 13.6. The van der Waals surface area contributed by atoms with E-state index in [4.69, 9.17) is 6.15 Å². The lowest BCUT2D eigenvalue weighted by Gasteiger charge is -2.29. The number of nitrogens with two attached hydrogens (primary N) is 1. The predicted octanol–water partition coefficient (Wildman–Crippen LogP) is 3.24. The first-order valence-corrected chi connectivity index (χ1v) is 11.9. The van der Waals surface area contributed by atoms with Gasteiger partial charge in [0.1, 0.15) is 20.1 Å². The molecule has 3 rings (SSSR count). The number of carbonyl (C=O) groups excluding carboxylic acids is 3. The van der Waals surface area contributed by atoms with Crippen LogP contribution in [0.3, 0.4) is 0 Å². The summed E-state index contributed by atoms with van der Waals surface area (Å²) in [6, 6.07) is 16.6. The SMILES string of the molecule is Cl.[2H]N[C@@H](CC(C)C)C(=O)N[C@@H](Cc1ccccc1)C(=O)N1CCC[C@H]1C(=O)OCc1ccccc1. The van der Waals surface area contributed by atoms with Gasteiger partial charge >= 0.3 is 5.97 Å². The molecule has 1 saturated heterocycles. The normalized spacial score (nSPS) is 17.2. The minimum atomic E-state index is -0.851. The zero-order valence-electron chi connectivity index (χ0n) is 21.3. The molecule has 1 aliphatic rings. The Hall–Kier alpha value is -2.90. The molecule has 1 heterocycles. The van der Waals surface area contributed by atoms with E-state index in [1.54, 1.807) is 0 Å². The smallest absolute Gasteiger partial charge is 0.329 e. The van der Waals surface area contributed by atoms with E-state index < -0.39 is 30.0 Å². The van der Waals surface area contributed by atoms with Crippen LogP contribution in [0.4, 0.5) is 0 Å². The van der Waals surface area contributed by atoms with Crippen LogP contribution < -0.4 is 11.0 Å². The van der Waals surface area contributed by atoms with Gasteiger partial charge in [-0.25, -0.2) is 4.79 Å². The first-order chi connectivity index (χ1) is 16.9. The van der Waals surface area contributed by atoms with Gasteiger partial charge < -0.3 is 20.7 Å². The number of carbonyl (C=O) groups is 3. The molecular formula is C27H36ClN3O4. The Morgan fingerprint density at radius 1 is 1.09 bits per heavy atom. The number of esters is 1. The summed E-state index contributed by atoms with van der Waals surface area (Å²) in [7, 11) is 0. The molecule has 190 valence electrons. The molecule has 1 fully saturated rings. The molecule has 2 amide bonds. The van der Waals surface area contributed by atoms with Crippen LogP contribution in [-0.2, 0) is 32.1 Å². The van der Waals surface area contributed by atoms with Crippen molar-refractivity contribution < 1.29 is 20.5 Å². The van der Waals surface area contributed by atoms with E-state index >= 15 is 0 Å². The highest BCUT2D eigenvalue weighted by Crippen LogP contribution is 2.21. The largest absolute Gasteiger partial charge is 0.459 e. The molecule has 3 N–H and O–H groups in total. The Balaban J connectivity index is 0.00000456. The zero-order chi connectivity index (χ0) is 25.2. The van der Waals surface area contributed by atoms with Gasteiger partial charge in [-0.2, -0.15) is 0 Å². The lowest BCUT2D eigenvalue weighted by molar-refractivity contribution is -0.155. The zero-order valence-corrected chi connectivity index (χ0v) is 21.1. The number of hydrogen-bond donors (Lipinski definition) is 2. The Morgan fingerprint density at radius 2 is 1.71 bits per heavy atom. The van der Waals surface area contributed by atoms with Crippen molar-refractivity contribution in [3.63, 3.8) is 0 Å². The van der Waals surface area contributed by atoms with Crippen molar-refractivity contribution in [1.82, 2.24) is 10.2 Å². The van der Waals surface area contributed by atoms with Crippen molar-refractivity contribution in [2.24, 2.45) is 11.6 Å². The van der Waals surface area contributed by atoms with Gasteiger partial charge in [0.15, 0.2) is 0 Å². The van der Waals surface area contributed by atoms with Crippen LogP contribution >= 0.6 is 12.4 Å². The number of ether oxygens (including phenoxy) is 1. The highest BCUT2D eigenvalue weighted by Gasteiger charge is 2.39. The minimum Gasteiger partial charge on any atom is -0.459 e. The molecule has 0 radical (unpaired) electrons. The van der Waals surface area contributed by atoms with E-state index in [1.807, 2.05) is 74.5 Å². The summed E-state index contributed by atoms with van der Waals surface area (Å²) >= 11 is 0. The standard InChI is InChI=1S/C27H35N3O4.ClH/c1-19(2)16-22(28)25(31)29-23(17-20-10-5-3-6-11-20)26(32)30-15-9-14-24(30)27(33)34-18-21-12-7-4-8-13-21;/h3-8,10-13,19,22-24H,9,14-18,28H2,1-2H3,(H,29,31);1H/t22-,23-,24-;/m0./s1/i/hD. The summed E-state index contributed by atoms with van der Waals surface area (Å²) in [6.45, 7) is 4.52. The van der Waals surface area contributed by atoms with Crippen molar-refractivity contribution in [2.75, 3.05) is 6.54 Å². The molecule has 8 heteroatoms. The molecule has 3 atom stereocenters. The summed E-state index contributed by atoms with van der Waals surface area (Å²) in [4.78, 5) is 41.0. The molecule has 0 bridgehead atoms. The number of nitrogens with zero attached hydrogens (tertiary/aromatic N) is 1. The number of rotatable bonds is 11. The van der Waals surface area contributed by atoms with Crippen LogP contribution in [0.15, 0.2) is 60.7 Å². The quantitative estimate of drug-likeness (QED) is 0.459. The van der Waals surface area contributed by atoms with Crippen LogP contribution in [-0.4, -0.2) is 47.4 Å². The van der Waals surface area contributed by atoms with Crippen LogP contribution in [0.5, 0.6) is 0 Å². The minimum absolute atomic E-state index is 0. The molecule has 0 aromatic heterocycles. The summed E-state index contributed by atoms with van der Waals surface area (Å²) in [5.74, 6) is -0.941. The number of nitrogens with one attached hydrogen (secondary N) is 1. The van der Waals surface area contributed by atoms with Gasteiger partial charge in [-0.15, -0.1) is 12.4 Å². The average Bonchev–Trinajstić information content (AvgIpc) is 3.36. The van der Waals surface area contributed by atoms with E-state index in [2.05, 4.69) is 11.0 Å². The van der Waals surface area contributed by atoms with Crippen molar-refractivity contribution >= 4 is 30.2 Å². The fourth-order valence-corrected chi connectivity index (χ4v) is 4.20. The molecule has 2 aromatic carbocycles.